The Labute approximate surface area is 138 Å². The Bertz CT molecular complexity index is 809. The lowest BCUT2D eigenvalue weighted by atomic mass is 10.1. The molecule has 6 nitrogen and oxygen atoms in total. The molecule has 1 atom stereocenters. The molecule has 6 heteroatoms. The van der Waals surface area contributed by atoms with Crippen LogP contribution >= 0.6 is 0 Å². The summed E-state index contributed by atoms with van der Waals surface area (Å²) in [6, 6.07) is 13.9. The van der Waals surface area contributed by atoms with Gasteiger partial charge in [0.05, 0.1) is 22.9 Å². The molecule has 2 heterocycles. The number of cyclic esters (lactones) is 1. The van der Waals surface area contributed by atoms with E-state index in [0.29, 0.717) is 29.8 Å². The molecule has 0 aliphatic carbocycles. The van der Waals surface area contributed by atoms with Gasteiger partial charge in [-0.2, -0.15) is 0 Å². The van der Waals surface area contributed by atoms with Gasteiger partial charge in [-0.25, -0.2) is 9.69 Å². The molecule has 2 aromatic rings. The summed E-state index contributed by atoms with van der Waals surface area (Å²) >= 11 is 0. The molecule has 1 N–H and O–H groups in total. The third-order valence-corrected chi connectivity index (χ3v) is 4.21. The van der Waals surface area contributed by atoms with Crippen molar-refractivity contribution in [2.45, 2.75) is 12.5 Å². The number of carbonyl (C=O) groups excluding carboxylic acids is 3. The summed E-state index contributed by atoms with van der Waals surface area (Å²) in [6.45, 7) is 0.346. The van der Waals surface area contributed by atoms with Gasteiger partial charge >= 0.3 is 6.09 Å². The standard InChI is InChI=1S/C18H14N2O4/c21-16-14-3-1-2-4-15(14)17(22)20(16)13-7-5-11(6-8-13)9-12-10-24-18(23)19-12/h1-8,12H,9-10H2,(H,19,23). The van der Waals surface area contributed by atoms with E-state index in [9.17, 15) is 14.4 Å². The first-order valence-corrected chi connectivity index (χ1v) is 7.63. The minimum Gasteiger partial charge on any atom is -0.447 e. The summed E-state index contributed by atoms with van der Waals surface area (Å²) < 4.78 is 4.86. The molecule has 2 aliphatic heterocycles. The number of fused-ring (bicyclic) bond motifs is 1. The van der Waals surface area contributed by atoms with Gasteiger partial charge in [-0.1, -0.05) is 24.3 Å². The minimum atomic E-state index is -0.400. The van der Waals surface area contributed by atoms with Crippen molar-refractivity contribution < 1.29 is 19.1 Å². The van der Waals surface area contributed by atoms with Gasteiger partial charge in [-0.15, -0.1) is 0 Å². The summed E-state index contributed by atoms with van der Waals surface area (Å²) in [5, 5.41) is 2.72. The number of ether oxygens (including phenoxy) is 1. The minimum absolute atomic E-state index is 0.0531. The largest absolute Gasteiger partial charge is 0.447 e. The predicted molar refractivity (Wildman–Crippen MR) is 86.0 cm³/mol. The lowest BCUT2D eigenvalue weighted by Gasteiger charge is -2.15. The first kappa shape index (κ1) is 14.4. The number of imide groups is 1. The van der Waals surface area contributed by atoms with Gasteiger partial charge in [0.2, 0.25) is 0 Å². The number of benzene rings is 2. The van der Waals surface area contributed by atoms with Crippen LogP contribution in [0.1, 0.15) is 26.3 Å². The Balaban J connectivity index is 1.54. The van der Waals surface area contributed by atoms with Crippen molar-refractivity contribution in [1.82, 2.24) is 5.32 Å². The molecule has 24 heavy (non-hydrogen) atoms. The molecular weight excluding hydrogens is 308 g/mol. The highest BCUT2D eigenvalue weighted by Gasteiger charge is 2.36. The van der Waals surface area contributed by atoms with Crippen LogP contribution in [0, 0.1) is 0 Å². The molecule has 1 fully saturated rings. The zero-order chi connectivity index (χ0) is 16.7. The summed E-state index contributed by atoms with van der Waals surface area (Å²) in [7, 11) is 0. The second-order valence-corrected chi connectivity index (χ2v) is 5.80. The zero-order valence-corrected chi connectivity index (χ0v) is 12.7. The number of carbonyl (C=O) groups is 3. The molecule has 0 saturated carbocycles. The van der Waals surface area contributed by atoms with Crippen molar-refractivity contribution in [2.24, 2.45) is 0 Å². The quantitative estimate of drug-likeness (QED) is 0.879. The highest BCUT2D eigenvalue weighted by Crippen LogP contribution is 2.28. The molecule has 3 amide bonds. The second-order valence-electron chi connectivity index (χ2n) is 5.80. The van der Waals surface area contributed by atoms with E-state index in [1.807, 2.05) is 12.1 Å². The van der Waals surface area contributed by atoms with Gasteiger partial charge in [0.15, 0.2) is 0 Å². The molecule has 0 aromatic heterocycles. The van der Waals surface area contributed by atoms with Crippen molar-refractivity contribution in [3.8, 4) is 0 Å². The molecule has 4 rings (SSSR count). The molecular formula is C18H14N2O4. The predicted octanol–water partition coefficient (Wildman–Crippen LogP) is 2.14. The van der Waals surface area contributed by atoms with Gasteiger partial charge in [0, 0.05) is 0 Å². The van der Waals surface area contributed by atoms with Crippen LogP contribution < -0.4 is 10.2 Å². The maximum Gasteiger partial charge on any atom is 0.407 e. The van der Waals surface area contributed by atoms with Crippen molar-refractivity contribution in [3.05, 3.63) is 65.2 Å². The monoisotopic (exact) mass is 322 g/mol. The number of amides is 3. The average Bonchev–Trinajstić information content (AvgIpc) is 3.11. The van der Waals surface area contributed by atoms with Crippen LogP contribution in [0.25, 0.3) is 0 Å². The van der Waals surface area contributed by atoms with E-state index >= 15 is 0 Å². The number of rotatable bonds is 3. The number of nitrogens with one attached hydrogen (secondary N) is 1. The van der Waals surface area contributed by atoms with E-state index in [1.54, 1.807) is 36.4 Å². The van der Waals surface area contributed by atoms with Crippen LogP contribution in [-0.2, 0) is 11.2 Å². The summed E-state index contributed by atoms with van der Waals surface area (Å²) in [5.41, 5.74) is 2.39. The maximum absolute atomic E-state index is 12.4. The van der Waals surface area contributed by atoms with Gasteiger partial charge in [0.1, 0.15) is 6.61 Å². The third-order valence-electron chi connectivity index (χ3n) is 4.21. The Morgan fingerprint density at radius 1 is 0.958 bits per heavy atom. The van der Waals surface area contributed by atoms with E-state index in [-0.39, 0.29) is 17.9 Å². The van der Waals surface area contributed by atoms with Crippen LogP contribution in [0.3, 0.4) is 0 Å². The molecule has 1 saturated heterocycles. The fraction of sp³-hybridized carbons (Fsp3) is 0.167. The Morgan fingerprint density at radius 2 is 1.58 bits per heavy atom. The molecule has 0 bridgehead atoms. The number of hydrogen-bond acceptors (Lipinski definition) is 4. The van der Waals surface area contributed by atoms with E-state index in [1.165, 1.54) is 4.90 Å². The average molecular weight is 322 g/mol. The number of anilines is 1. The summed E-state index contributed by atoms with van der Waals surface area (Å²) in [6.07, 6.45) is 0.233. The smallest absolute Gasteiger partial charge is 0.407 e. The molecule has 1 unspecified atom stereocenters. The van der Waals surface area contributed by atoms with Crippen molar-refractivity contribution in [3.63, 3.8) is 0 Å². The second kappa shape index (κ2) is 5.49. The third kappa shape index (κ3) is 2.32. The van der Waals surface area contributed by atoms with Crippen molar-refractivity contribution >= 4 is 23.6 Å². The van der Waals surface area contributed by atoms with Crippen LogP contribution in [0.5, 0.6) is 0 Å². The van der Waals surface area contributed by atoms with Crippen LogP contribution in [-0.4, -0.2) is 30.6 Å². The fourth-order valence-electron chi connectivity index (χ4n) is 3.03. The number of nitrogens with zero attached hydrogens (tertiary/aromatic N) is 1. The highest BCUT2D eigenvalue weighted by molar-refractivity contribution is 6.34. The highest BCUT2D eigenvalue weighted by atomic mass is 16.6. The Morgan fingerprint density at radius 3 is 2.12 bits per heavy atom. The fourth-order valence-corrected chi connectivity index (χ4v) is 3.03. The zero-order valence-electron chi connectivity index (χ0n) is 12.7. The Kier molecular flexibility index (Phi) is 3.30. The number of alkyl carbamates (subject to hydrolysis) is 1. The molecule has 2 aromatic carbocycles. The van der Waals surface area contributed by atoms with E-state index in [2.05, 4.69) is 5.32 Å². The first-order chi connectivity index (χ1) is 11.6. The van der Waals surface area contributed by atoms with Crippen molar-refractivity contribution in [2.75, 3.05) is 11.5 Å². The van der Waals surface area contributed by atoms with E-state index < -0.39 is 6.09 Å². The topological polar surface area (TPSA) is 75.7 Å². The van der Waals surface area contributed by atoms with Gasteiger partial charge < -0.3 is 10.1 Å². The van der Waals surface area contributed by atoms with Gasteiger partial charge in [-0.3, -0.25) is 9.59 Å². The molecule has 120 valence electrons. The van der Waals surface area contributed by atoms with Crippen LogP contribution in [0.4, 0.5) is 10.5 Å². The van der Waals surface area contributed by atoms with Crippen LogP contribution in [0.2, 0.25) is 0 Å². The lowest BCUT2D eigenvalue weighted by molar-refractivity contribution is 0.0926. The molecule has 2 aliphatic rings. The van der Waals surface area contributed by atoms with E-state index in [4.69, 9.17) is 4.74 Å². The first-order valence-electron chi connectivity index (χ1n) is 7.63. The lowest BCUT2D eigenvalue weighted by Crippen LogP contribution is -2.29. The molecule has 0 spiro atoms. The molecule has 0 radical (unpaired) electrons. The maximum atomic E-state index is 12.4. The van der Waals surface area contributed by atoms with E-state index in [0.717, 1.165) is 5.56 Å². The summed E-state index contributed by atoms with van der Waals surface area (Å²) in [5.74, 6) is -0.611. The summed E-state index contributed by atoms with van der Waals surface area (Å²) in [4.78, 5) is 37.1. The normalized spacial score (nSPS) is 19.2. The van der Waals surface area contributed by atoms with Crippen LogP contribution in [0.15, 0.2) is 48.5 Å². The van der Waals surface area contributed by atoms with Crippen molar-refractivity contribution in [1.29, 1.82) is 0 Å². The van der Waals surface area contributed by atoms with Gasteiger partial charge in [0.25, 0.3) is 11.8 Å². The van der Waals surface area contributed by atoms with Gasteiger partial charge in [-0.05, 0) is 36.2 Å². The SMILES string of the molecule is O=C1NC(Cc2ccc(N3C(=O)c4ccccc4C3=O)cc2)CO1. The number of hydrogen-bond donors (Lipinski definition) is 1. The Hall–Kier alpha value is -3.15.